The van der Waals surface area contributed by atoms with Crippen LogP contribution in [0.3, 0.4) is 0 Å². The van der Waals surface area contributed by atoms with Crippen molar-refractivity contribution in [3.05, 3.63) is 59.2 Å². The van der Waals surface area contributed by atoms with Crippen LogP contribution in [0.1, 0.15) is 34.3 Å². The van der Waals surface area contributed by atoms with Crippen LogP contribution < -0.4 is 14.8 Å². The third-order valence-corrected chi connectivity index (χ3v) is 5.46. The van der Waals surface area contributed by atoms with Gasteiger partial charge in [-0.25, -0.2) is 0 Å². The molecule has 0 aromatic heterocycles. The number of alkyl halides is 3. The van der Waals surface area contributed by atoms with Gasteiger partial charge in [-0.15, -0.1) is 0 Å². The summed E-state index contributed by atoms with van der Waals surface area (Å²) in [5.74, 6) is 0.703. The molecular formula is C23H25F3N2O4. The summed E-state index contributed by atoms with van der Waals surface area (Å²) in [6, 6.07) is 9.32. The van der Waals surface area contributed by atoms with E-state index >= 15 is 0 Å². The molecule has 1 saturated heterocycles. The highest BCUT2D eigenvalue weighted by Crippen LogP contribution is 2.29. The number of likely N-dealkylation sites (tertiary alicyclic amines) is 1. The third kappa shape index (κ3) is 5.72. The number of hydrogen-bond donors (Lipinski definition) is 1. The second kappa shape index (κ2) is 9.93. The highest BCUT2D eigenvalue weighted by molar-refractivity contribution is 5.94. The number of nitrogens with one attached hydrogen (secondary N) is 1. The number of halogens is 3. The Labute approximate surface area is 184 Å². The van der Waals surface area contributed by atoms with Gasteiger partial charge in [-0.05, 0) is 54.8 Å². The van der Waals surface area contributed by atoms with Gasteiger partial charge in [0, 0.05) is 24.7 Å². The van der Waals surface area contributed by atoms with Crippen molar-refractivity contribution >= 4 is 11.8 Å². The van der Waals surface area contributed by atoms with Gasteiger partial charge in [0.25, 0.3) is 5.91 Å². The van der Waals surface area contributed by atoms with E-state index in [0.29, 0.717) is 37.4 Å². The van der Waals surface area contributed by atoms with E-state index in [9.17, 15) is 22.8 Å². The molecule has 0 unspecified atom stereocenters. The van der Waals surface area contributed by atoms with E-state index in [2.05, 4.69) is 5.32 Å². The number of ether oxygens (including phenoxy) is 2. The molecule has 172 valence electrons. The summed E-state index contributed by atoms with van der Waals surface area (Å²) in [5.41, 5.74) is 0.186. The molecule has 0 atom stereocenters. The summed E-state index contributed by atoms with van der Waals surface area (Å²) in [4.78, 5) is 26.8. The summed E-state index contributed by atoms with van der Waals surface area (Å²) < 4.78 is 48.5. The predicted molar refractivity (Wildman–Crippen MR) is 112 cm³/mol. The topological polar surface area (TPSA) is 67.9 Å². The van der Waals surface area contributed by atoms with Gasteiger partial charge in [0.15, 0.2) is 11.5 Å². The standard InChI is InChI=1S/C23H25F3N2O4/c1-31-19-8-3-15(13-20(19)32-2)14-21(29)28-11-9-18(10-12-28)27-22(30)16-4-6-17(7-5-16)23(24,25)26/h3-8,13,18H,9-12,14H2,1-2H3,(H,27,30). The number of benzene rings is 2. The minimum atomic E-state index is -4.44. The summed E-state index contributed by atoms with van der Waals surface area (Å²) in [7, 11) is 3.08. The monoisotopic (exact) mass is 450 g/mol. The minimum absolute atomic E-state index is 0.0234. The summed E-state index contributed by atoms with van der Waals surface area (Å²) >= 11 is 0. The maximum atomic E-state index is 12.7. The molecule has 2 amide bonds. The van der Waals surface area contributed by atoms with Crippen LogP contribution in [0, 0.1) is 0 Å². The first-order chi connectivity index (χ1) is 15.2. The third-order valence-electron chi connectivity index (χ3n) is 5.46. The molecule has 0 radical (unpaired) electrons. The van der Waals surface area contributed by atoms with Gasteiger partial charge in [-0.1, -0.05) is 6.07 Å². The van der Waals surface area contributed by atoms with Crippen LogP contribution in [0.15, 0.2) is 42.5 Å². The van der Waals surface area contributed by atoms with Crippen molar-refractivity contribution in [1.82, 2.24) is 10.2 Å². The first-order valence-electron chi connectivity index (χ1n) is 10.2. The average molecular weight is 450 g/mol. The van der Waals surface area contributed by atoms with Gasteiger partial charge >= 0.3 is 6.18 Å². The molecule has 2 aromatic carbocycles. The van der Waals surface area contributed by atoms with Gasteiger partial charge in [0.05, 0.1) is 26.2 Å². The van der Waals surface area contributed by atoms with Crippen LogP contribution in [0.2, 0.25) is 0 Å². The fourth-order valence-corrected chi connectivity index (χ4v) is 3.63. The van der Waals surface area contributed by atoms with Crippen LogP contribution in [0.4, 0.5) is 13.2 Å². The zero-order valence-electron chi connectivity index (χ0n) is 17.9. The number of piperidine rings is 1. The summed E-state index contributed by atoms with van der Waals surface area (Å²) in [5, 5.41) is 2.84. The molecule has 0 saturated carbocycles. The number of carbonyl (C=O) groups is 2. The fraction of sp³-hybridized carbons (Fsp3) is 0.391. The number of carbonyl (C=O) groups excluding carboxylic acids is 2. The van der Waals surface area contributed by atoms with Crippen molar-refractivity contribution in [3.8, 4) is 11.5 Å². The largest absolute Gasteiger partial charge is 0.493 e. The molecular weight excluding hydrogens is 425 g/mol. The molecule has 6 nitrogen and oxygen atoms in total. The van der Waals surface area contributed by atoms with Crippen LogP contribution in [-0.2, 0) is 17.4 Å². The van der Waals surface area contributed by atoms with E-state index in [-0.39, 0.29) is 23.9 Å². The van der Waals surface area contributed by atoms with Gasteiger partial charge < -0.3 is 19.7 Å². The predicted octanol–water partition coefficient (Wildman–Crippen LogP) is 3.69. The van der Waals surface area contributed by atoms with E-state index in [1.165, 1.54) is 19.2 Å². The van der Waals surface area contributed by atoms with Gasteiger partial charge in [-0.2, -0.15) is 13.2 Å². The number of amides is 2. The van der Waals surface area contributed by atoms with Gasteiger partial charge in [0.2, 0.25) is 5.91 Å². The minimum Gasteiger partial charge on any atom is -0.493 e. The lowest BCUT2D eigenvalue weighted by molar-refractivity contribution is -0.137. The first-order valence-corrected chi connectivity index (χ1v) is 10.2. The SMILES string of the molecule is COc1ccc(CC(=O)N2CCC(NC(=O)c3ccc(C(F)(F)F)cc3)CC2)cc1OC. The maximum absolute atomic E-state index is 12.7. The number of rotatable bonds is 6. The molecule has 1 heterocycles. The molecule has 0 bridgehead atoms. The van der Waals surface area contributed by atoms with E-state index in [1.54, 1.807) is 24.1 Å². The fourth-order valence-electron chi connectivity index (χ4n) is 3.63. The Morgan fingerprint density at radius 3 is 2.19 bits per heavy atom. The lowest BCUT2D eigenvalue weighted by Gasteiger charge is -2.32. The molecule has 0 spiro atoms. The second-order valence-corrected chi connectivity index (χ2v) is 7.57. The van der Waals surface area contributed by atoms with Crippen LogP contribution in [0.25, 0.3) is 0 Å². The molecule has 1 fully saturated rings. The molecule has 3 rings (SSSR count). The number of nitrogens with zero attached hydrogens (tertiary/aromatic N) is 1. The molecule has 32 heavy (non-hydrogen) atoms. The van der Waals surface area contributed by atoms with E-state index < -0.39 is 17.6 Å². The Morgan fingerprint density at radius 1 is 1.00 bits per heavy atom. The van der Waals surface area contributed by atoms with Crippen molar-refractivity contribution in [2.45, 2.75) is 31.5 Å². The van der Waals surface area contributed by atoms with Gasteiger partial charge in [0.1, 0.15) is 0 Å². The van der Waals surface area contributed by atoms with Crippen molar-refractivity contribution in [1.29, 1.82) is 0 Å². The zero-order valence-corrected chi connectivity index (χ0v) is 17.9. The smallest absolute Gasteiger partial charge is 0.416 e. The van der Waals surface area contributed by atoms with Crippen LogP contribution >= 0.6 is 0 Å². The van der Waals surface area contributed by atoms with Crippen LogP contribution in [0.5, 0.6) is 11.5 Å². The van der Waals surface area contributed by atoms with E-state index in [1.807, 2.05) is 6.07 Å². The highest BCUT2D eigenvalue weighted by Gasteiger charge is 2.30. The van der Waals surface area contributed by atoms with Crippen molar-refractivity contribution in [2.24, 2.45) is 0 Å². The molecule has 2 aromatic rings. The van der Waals surface area contributed by atoms with Crippen LogP contribution in [-0.4, -0.2) is 50.1 Å². The highest BCUT2D eigenvalue weighted by atomic mass is 19.4. The molecule has 1 aliphatic heterocycles. The average Bonchev–Trinajstić information content (AvgIpc) is 2.78. The molecule has 1 aliphatic rings. The van der Waals surface area contributed by atoms with Crippen molar-refractivity contribution < 1.29 is 32.2 Å². The molecule has 1 N–H and O–H groups in total. The molecule has 9 heteroatoms. The first kappa shape index (κ1) is 23.4. The van der Waals surface area contributed by atoms with Gasteiger partial charge in [-0.3, -0.25) is 9.59 Å². The Morgan fingerprint density at radius 2 is 1.62 bits per heavy atom. The van der Waals surface area contributed by atoms with E-state index in [4.69, 9.17) is 9.47 Å². The zero-order chi connectivity index (χ0) is 23.3. The molecule has 0 aliphatic carbocycles. The Bertz CT molecular complexity index is 953. The van der Waals surface area contributed by atoms with Crippen molar-refractivity contribution in [3.63, 3.8) is 0 Å². The Balaban J connectivity index is 1.50. The summed E-state index contributed by atoms with van der Waals surface area (Å²) in [6.45, 7) is 0.980. The quantitative estimate of drug-likeness (QED) is 0.729. The maximum Gasteiger partial charge on any atom is 0.416 e. The number of methoxy groups -OCH3 is 2. The lowest BCUT2D eigenvalue weighted by Crippen LogP contribution is -2.47. The Hall–Kier alpha value is -3.23. The normalized spacial score (nSPS) is 14.7. The summed E-state index contributed by atoms with van der Waals surface area (Å²) in [6.07, 6.45) is -3.07. The number of hydrogen-bond acceptors (Lipinski definition) is 4. The van der Waals surface area contributed by atoms with E-state index in [0.717, 1.165) is 17.7 Å². The second-order valence-electron chi connectivity index (χ2n) is 7.57. The van der Waals surface area contributed by atoms with Crippen molar-refractivity contribution in [2.75, 3.05) is 27.3 Å². The lowest BCUT2D eigenvalue weighted by atomic mass is 10.0. The Kier molecular flexibility index (Phi) is 7.27.